The van der Waals surface area contributed by atoms with E-state index in [1.54, 1.807) is 12.1 Å². The van der Waals surface area contributed by atoms with Crippen LogP contribution in [0, 0.1) is 0 Å². The summed E-state index contributed by atoms with van der Waals surface area (Å²) >= 11 is 0. The second-order valence-corrected chi connectivity index (χ2v) is 4.34. The van der Waals surface area contributed by atoms with Crippen LogP contribution in [0.1, 0.15) is 18.1 Å². The summed E-state index contributed by atoms with van der Waals surface area (Å²) in [6.07, 6.45) is -0.269. The predicted octanol–water partition coefficient (Wildman–Crippen LogP) is 3.47. The van der Waals surface area contributed by atoms with Crippen molar-refractivity contribution in [1.29, 1.82) is 0 Å². The molecule has 0 aromatic heterocycles. The maximum absolute atomic E-state index is 9.18. The normalized spacial score (nSPS) is 12.3. The molecule has 1 N–H and O–H groups in total. The largest absolute Gasteiger partial charge is 0.508 e. The molecule has 0 aliphatic heterocycles. The van der Waals surface area contributed by atoms with E-state index >= 15 is 0 Å². The van der Waals surface area contributed by atoms with Crippen LogP contribution in [-0.2, 0) is 22.7 Å². The van der Waals surface area contributed by atoms with Crippen LogP contribution in [0.3, 0.4) is 0 Å². The van der Waals surface area contributed by atoms with Crippen LogP contribution in [0.4, 0.5) is 0 Å². The second kappa shape index (κ2) is 6.92. The van der Waals surface area contributed by atoms with Gasteiger partial charge in [0.05, 0.1) is 13.2 Å². The van der Waals surface area contributed by atoms with Gasteiger partial charge in [-0.2, -0.15) is 0 Å². The van der Waals surface area contributed by atoms with Crippen LogP contribution >= 0.6 is 0 Å². The molecule has 0 spiro atoms. The molecule has 0 aliphatic carbocycles. The molecule has 0 amide bonds. The van der Waals surface area contributed by atoms with Gasteiger partial charge in [0.2, 0.25) is 0 Å². The summed E-state index contributed by atoms with van der Waals surface area (Å²) in [6.45, 7) is 2.89. The van der Waals surface area contributed by atoms with Crippen molar-refractivity contribution in [3.8, 4) is 5.75 Å². The minimum atomic E-state index is -0.269. The first kappa shape index (κ1) is 13.6. The first-order valence-corrected chi connectivity index (χ1v) is 6.29. The number of aromatic hydroxyl groups is 1. The lowest BCUT2D eigenvalue weighted by Crippen LogP contribution is -2.12. The monoisotopic (exact) mass is 258 g/mol. The van der Waals surface area contributed by atoms with Crippen LogP contribution < -0.4 is 0 Å². The van der Waals surface area contributed by atoms with Crippen molar-refractivity contribution in [1.82, 2.24) is 0 Å². The highest BCUT2D eigenvalue weighted by Gasteiger charge is 2.03. The van der Waals surface area contributed by atoms with Crippen molar-refractivity contribution in [3.05, 3.63) is 65.7 Å². The molecule has 100 valence electrons. The molecule has 0 saturated carbocycles. The molecule has 3 heteroatoms. The molecule has 0 aliphatic rings. The number of hydrogen-bond acceptors (Lipinski definition) is 3. The molecule has 3 nitrogen and oxygen atoms in total. The van der Waals surface area contributed by atoms with Crippen molar-refractivity contribution in [2.24, 2.45) is 0 Å². The lowest BCUT2D eigenvalue weighted by molar-refractivity contribution is -0.144. The van der Waals surface area contributed by atoms with Gasteiger partial charge in [-0.1, -0.05) is 42.5 Å². The standard InChI is InChI=1S/C16H18O3/c1-13(18-11-14-5-3-2-4-6-14)19-12-15-7-9-16(17)10-8-15/h2-10,13,17H,11-12H2,1H3/t13-/m0/s1. The van der Waals surface area contributed by atoms with E-state index in [9.17, 15) is 5.11 Å². The molecular weight excluding hydrogens is 240 g/mol. The molecule has 0 heterocycles. The molecule has 19 heavy (non-hydrogen) atoms. The van der Waals surface area contributed by atoms with Gasteiger partial charge in [-0.05, 0) is 30.2 Å². The van der Waals surface area contributed by atoms with E-state index in [0.717, 1.165) is 11.1 Å². The lowest BCUT2D eigenvalue weighted by atomic mass is 10.2. The summed E-state index contributed by atoms with van der Waals surface area (Å²) in [5.74, 6) is 0.261. The van der Waals surface area contributed by atoms with Crippen molar-refractivity contribution >= 4 is 0 Å². The Morgan fingerprint density at radius 2 is 1.37 bits per heavy atom. The van der Waals surface area contributed by atoms with E-state index in [4.69, 9.17) is 9.47 Å². The number of rotatable bonds is 6. The van der Waals surface area contributed by atoms with Gasteiger partial charge in [-0.3, -0.25) is 0 Å². The lowest BCUT2D eigenvalue weighted by Gasteiger charge is -2.14. The Bertz CT molecular complexity index is 479. The van der Waals surface area contributed by atoms with E-state index in [-0.39, 0.29) is 12.0 Å². The summed E-state index contributed by atoms with van der Waals surface area (Å²) in [5, 5.41) is 9.18. The molecule has 2 aromatic carbocycles. The molecule has 2 aromatic rings. The smallest absolute Gasteiger partial charge is 0.155 e. The Kier molecular flexibility index (Phi) is 4.95. The first-order chi connectivity index (χ1) is 9.24. The molecule has 2 rings (SSSR count). The maximum Gasteiger partial charge on any atom is 0.155 e. The minimum absolute atomic E-state index is 0.261. The van der Waals surface area contributed by atoms with Crippen LogP contribution in [-0.4, -0.2) is 11.4 Å². The Morgan fingerprint density at radius 3 is 1.95 bits per heavy atom. The molecule has 0 radical (unpaired) electrons. The van der Waals surface area contributed by atoms with E-state index in [1.807, 2.05) is 49.4 Å². The Hall–Kier alpha value is -1.84. The van der Waals surface area contributed by atoms with Gasteiger partial charge in [-0.15, -0.1) is 0 Å². The molecule has 0 unspecified atom stereocenters. The maximum atomic E-state index is 9.18. The molecule has 0 saturated heterocycles. The summed E-state index contributed by atoms with van der Waals surface area (Å²) < 4.78 is 11.2. The fourth-order valence-electron chi connectivity index (χ4n) is 1.64. The zero-order chi connectivity index (χ0) is 13.5. The summed E-state index contributed by atoms with van der Waals surface area (Å²) in [7, 11) is 0. The fraction of sp³-hybridized carbons (Fsp3) is 0.250. The summed E-state index contributed by atoms with van der Waals surface area (Å²) in [5.41, 5.74) is 2.13. The zero-order valence-electron chi connectivity index (χ0n) is 11.0. The van der Waals surface area contributed by atoms with Gasteiger partial charge in [0.15, 0.2) is 6.29 Å². The summed E-state index contributed by atoms with van der Waals surface area (Å²) in [6, 6.07) is 17.0. The quantitative estimate of drug-likeness (QED) is 0.806. The highest BCUT2D eigenvalue weighted by Crippen LogP contribution is 2.12. The molecule has 1 atom stereocenters. The Labute approximate surface area is 113 Å². The third-order valence-corrected chi connectivity index (χ3v) is 2.75. The van der Waals surface area contributed by atoms with Crippen LogP contribution in [0.2, 0.25) is 0 Å². The van der Waals surface area contributed by atoms with E-state index < -0.39 is 0 Å². The van der Waals surface area contributed by atoms with Gasteiger partial charge >= 0.3 is 0 Å². The van der Waals surface area contributed by atoms with Gasteiger partial charge < -0.3 is 14.6 Å². The Morgan fingerprint density at radius 1 is 0.842 bits per heavy atom. The van der Waals surface area contributed by atoms with Crippen molar-refractivity contribution in [2.45, 2.75) is 26.4 Å². The van der Waals surface area contributed by atoms with Gasteiger partial charge in [-0.25, -0.2) is 0 Å². The second-order valence-electron chi connectivity index (χ2n) is 4.34. The third-order valence-electron chi connectivity index (χ3n) is 2.75. The summed E-state index contributed by atoms with van der Waals surface area (Å²) in [4.78, 5) is 0. The topological polar surface area (TPSA) is 38.7 Å². The van der Waals surface area contributed by atoms with Gasteiger partial charge in [0.1, 0.15) is 5.75 Å². The average molecular weight is 258 g/mol. The Balaban J connectivity index is 1.72. The third kappa shape index (κ3) is 4.73. The van der Waals surface area contributed by atoms with Crippen LogP contribution in [0.15, 0.2) is 54.6 Å². The number of phenolic OH excluding ortho intramolecular Hbond substituents is 1. The van der Waals surface area contributed by atoms with Gasteiger partial charge in [0, 0.05) is 0 Å². The number of hydrogen-bond donors (Lipinski definition) is 1. The zero-order valence-corrected chi connectivity index (χ0v) is 11.0. The molecule has 0 bridgehead atoms. The highest BCUT2D eigenvalue weighted by molar-refractivity contribution is 5.25. The first-order valence-electron chi connectivity index (χ1n) is 6.29. The van der Waals surface area contributed by atoms with E-state index in [2.05, 4.69) is 0 Å². The van der Waals surface area contributed by atoms with Gasteiger partial charge in [0.25, 0.3) is 0 Å². The average Bonchev–Trinajstić information content (AvgIpc) is 2.45. The van der Waals surface area contributed by atoms with Crippen molar-refractivity contribution in [3.63, 3.8) is 0 Å². The van der Waals surface area contributed by atoms with E-state index in [1.165, 1.54) is 0 Å². The van der Waals surface area contributed by atoms with Crippen LogP contribution in [0.25, 0.3) is 0 Å². The molecular formula is C16H18O3. The molecule has 0 fully saturated rings. The van der Waals surface area contributed by atoms with Crippen LogP contribution in [0.5, 0.6) is 5.75 Å². The minimum Gasteiger partial charge on any atom is -0.508 e. The predicted molar refractivity (Wildman–Crippen MR) is 73.6 cm³/mol. The number of benzene rings is 2. The SMILES string of the molecule is C[C@@H](OCc1ccccc1)OCc1ccc(O)cc1. The van der Waals surface area contributed by atoms with Crippen molar-refractivity contribution < 1.29 is 14.6 Å². The number of ether oxygens (including phenoxy) is 2. The van der Waals surface area contributed by atoms with Crippen molar-refractivity contribution in [2.75, 3.05) is 0 Å². The van der Waals surface area contributed by atoms with E-state index in [0.29, 0.717) is 13.2 Å². The number of phenols is 1. The fourth-order valence-corrected chi connectivity index (χ4v) is 1.64. The highest BCUT2D eigenvalue weighted by atomic mass is 16.7.